The Morgan fingerprint density at radius 3 is 2.21 bits per heavy atom. The maximum absolute atomic E-state index is 11.7. The molecule has 1 saturated heterocycles. The summed E-state index contributed by atoms with van der Waals surface area (Å²) in [6, 6.07) is 8.94. The molecule has 3 unspecified atom stereocenters. The van der Waals surface area contributed by atoms with Gasteiger partial charge in [0.1, 0.15) is 24.2 Å². The van der Waals surface area contributed by atoms with Crippen LogP contribution >= 0.6 is 11.8 Å². The van der Waals surface area contributed by atoms with Crippen LogP contribution in [0.5, 0.6) is 0 Å². The van der Waals surface area contributed by atoms with E-state index in [4.69, 9.17) is 18.9 Å². The number of thioether (sulfide) groups is 1. The third-order valence-electron chi connectivity index (χ3n) is 4.14. The Bertz CT molecular complexity index is 727. The molecule has 5 atom stereocenters. The number of carbonyl (C=O) groups is 3. The number of hydrogen-bond acceptors (Lipinski definition) is 9. The lowest BCUT2D eigenvalue weighted by atomic mass is 9.97. The van der Waals surface area contributed by atoms with Gasteiger partial charge >= 0.3 is 17.9 Å². The van der Waals surface area contributed by atoms with Crippen molar-refractivity contribution in [3.63, 3.8) is 0 Å². The first kappa shape index (κ1) is 22.9. The van der Waals surface area contributed by atoms with Crippen molar-refractivity contribution in [2.24, 2.45) is 4.99 Å². The van der Waals surface area contributed by atoms with Gasteiger partial charge in [-0.2, -0.15) is 0 Å². The minimum absolute atomic E-state index is 0.130. The second-order valence-electron chi connectivity index (χ2n) is 6.46. The molecule has 0 N–H and O–H groups in total. The van der Waals surface area contributed by atoms with Crippen molar-refractivity contribution in [1.82, 2.24) is 0 Å². The lowest BCUT2D eigenvalue weighted by molar-refractivity contribution is -0.200. The normalized spacial score (nSPS) is 26.2. The molecule has 9 heteroatoms. The Morgan fingerprint density at radius 2 is 1.66 bits per heavy atom. The number of esters is 3. The highest BCUT2D eigenvalue weighted by Gasteiger charge is 2.50. The fraction of sp³-hybridized carbons (Fsp3) is 0.500. The lowest BCUT2D eigenvalue weighted by Crippen LogP contribution is -2.59. The average Bonchev–Trinajstić information content (AvgIpc) is 2.66. The van der Waals surface area contributed by atoms with Gasteiger partial charge in [0, 0.05) is 26.5 Å². The molecule has 0 saturated carbocycles. The molecule has 1 heterocycles. The molecule has 8 nitrogen and oxygen atoms in total. The predicted molar refractivity (Wildman–Crippen MR) is 107 cm³/mol. The second kappa shape index (κ2) is 11.0. The number of ether oxygens (including phenoxy) is 4. The third kappa shape index (κ3) is 6.86. The molecule has 0 spiro atoms. The second-order valence-corrected chi connectivity index (χ2v) is 7.55. The zero-order valence-electron chi connectivity index (χ0n) is 16.6. The summed E-state index contributed by atoms with van der Waals surface area (Å²) in [5.41, 5.74) is 0.436. The van der Waals surface area contributed by atoms with Crippen LogP contribution in [-0.4, -0.2) is 61.0 Å². The van der Waals surface area contributed by atoms with Gasteiger partial charge in [0.2, 0.25) is 0 Å². The van der Waals surface area contributed by atoms with Crippen LogP contribution < -0.4 is 0 Å². The van der Waals surface area contributed by atoms with Crippen LogP contribution in [0.15, 0.2) is 35.3 Å². The van der Waals surface area contributed by atoms with Crippen LogP contribution in [0, 0.1) is 0 Å². The van der Waals surface area contributed by atoms with E-state index < -0.39 is 47.7 Å². The van der Waals surface area contributed by atoms with E-state index in [1.165, 1.54) is 32.5 Å². The summed E-state index contributed by atoms with van der Waals surface area (Å²) in [6.45, 7) is 7.25. The quantitative estimate of drug-likeness (QED) is 0.356. The van der Waals surface area contributed by atoms with Crippen molar-refractivity contribution in [1.29, 1.82) is 0 Å². The summed E-state index contributed by atoms with van der Waals surface area (Å²) in [6.07, 6.45) is -2.52. The summed E-state index contributed by atoms with van der Waals surface area (Å²) < 4.78 is 22.0. The molecule has 1 aromatic rings. The van der Waals surface area contributed by atoms with Gasteiger partial charge in [-0.3, -0.25) is 19.4 Å². The molecule has 0 aromatic heterocycles. The number of nitrogens with zero attached hydrogens (tertiary/aromatic N) is 1. The number of rotatable bonds is 8. The number of benzene rings is 1. The topological polar surface area (TPSA) is 100 Å². The van der Waals surface area contributed by atoms with Gasteiger partial charge in [-0.15, -0.1) is 11.8 Å². The maximum Gasteiger partial charge on any atom is 0.303 e. The summed E-state index contributed by atoms with van der Waals surface area (Å²) in [5, 5.41) is 0. The van der Waals surface area contributed by atoms with E-state index in [0.29, 0.717) is 5.75 Å². The molecule has 158 valence electrons. The highest BCUT2D eigenvalue weighted by molar-refractivity contribution is 7.99. The Balaban J connectivity index is 2.27. The molecule has 1 aliphatic rings. The van der Waals surface area contributed by atoms with E-state index >= 15 is 0 Å². The SMILES string of the molecule is C=NC1C(OC(C)=O)[C@@H](SCc2ccccc2)OC(COC(C)=O)[C@@H]1OC(C)=O. The molecule has 1 aliphatic heterocycles. The van der Waals surface area contributed by atoms with Gasteiger partial charge in [0.05, 0.1) is 0 Å². The first-order valence-electron chi connectivity index (χ1n) is 9.06. The minimum Gasteiger partial charge on any atom is -0.463 e. The summed E-state index contributed by atoms with van der Waals surface area (Å²) in [4.78, 5) is 38.6. The standard InChI is InChI=1S/C20H25NO7S/c1-12(22)25-10-16-18(26-13(2)23)17(21-4)19(27-14(3)24)20(28-16)29-11-15-8-6-5-7-9-15/h5-9,16-20H,4,10-11H2,1-3H3/t16?,17?,18-,19?,20+/m0/s1. The van der Waals surface area contributed by atoms with E-state index in [1.807, 2.05) is 30.3 Å². The van der Waals surface area contributed by atoms with Gasteiger partial charge < -0.3 is 18.9 Å². The van der Waals surface area contributed by atoms with E-state index in [-0.39, 0.29) is 6.61 Å². The molecule has 0 amide bonds. The number of hydrogen-bond donors (Lipinski definition) is 0. The van der Waals surface area contributed by atoms with Crippen LogP contribution in [0.3, 0.4) is 0 Å². The molecule has 0 aliphatic carbocycles. The molecule has 1 aromatic carbocycles. The summed E-state index contributed by atoms with van der Waals surface area (Å²) in [7, 11) is 0. The smallest absolute Gasteiger partial charge is 0.303 e. The van der Waals surface area contributed by atoms with Crippen LogP contribution in [0.25, 0.3) is 0 Å². The Labute approximate surface area is 173 Å². The highest BCUT2D eigenvalue weighted by Crippen LogP contribution is 2.35. The van der Waals surface area contributed by atoms with Crippen LogP contribution in [0.2, 0.25) is 0 Å². The van der Waals surface area contributed by atoms with Gasteiger partial charge in [0.15, 0.2) is 12.2 Å². The van der Waals surface area contributed by atoms with Gasteiger partial charge in [-0.25, -0.2) is 0 Å². The zero-order valence-corrected chi connectivity index (χ0v) is 17.4. The first-order chi connectivity index (χ1) is 13.8. The summed E-state index contributed by atoms with van der Waals surface area (Å²) >= 11 is 1.41. The van der Waals surface area contributed by atoms with E-state index in [2.05, 4.69) is 11.7 Å². The fourth-order valence-electron chi connectivity index (χ4n) is 2.98. The summed E-state index contributed by atoms with van der Waals surface area (Å²) in [5.74, 6) is -0.977. The van der Waals surface area contributed by atoms with Crippen molar-refractivity contribution in [2.75, 3.05) is 6.61 Å². The van der Waals surface area contributed by atoms with Gasteiger partial charge in [0.25, 0.3) is 0 Å². The molecular formula is C20H25NO7S. The van der Waals surface area contributed by atoms with Crippen molar-refractivity contribution in [3.8, 4) is 0 Å². The third-order valence-corrected chi connectivity index (χ3v) is 5.35. The highest BCUT2D eigenvalue weighted by atomic mass is 32.2. The van der Waals surface area contributed by atoms with Crippen molar-refractivity contribution < 1.29 is 33.3 Å². The van der Waals surface area contributed by atoms with Crippen molar-refractivity contribution >= 4 is 36.4 Å². The molecule has 0 radical (unpaired) electrons. The number of aliphatic imine (C=N–C) groups is 1. The molecule has 29 heavy (non-hydrogen) atoms. The lowest BCUT2D eigenvalue weighted by Gasteiger charge is -2.43. The fourth-order valence-corrected chi connectivity index (χ4v) is 4.15. The molecule has 0 bridgehead atoms. The van der Waals surface area contributed by atoms with Gasteiger partial charge in [-0.05, 0) is 12.3 Å². The van der Waals surface area contributed by atoms with Gasteiger partial charge in [-0.1, -0.05) is 30.3 Å². The van der Waals surface area contributed by atoms with Crippen LogP contribution in [0.4, 0.5) is 0 Å². The molecule has 1 fully saturated rings. The molecule has 2 rings (SSSR count). The Hall–Kier alpha value is -2.39. The predicted octanol–water partition coefficient (Wildman–Crippen LogP) is 2.14. The van der Waals surface area contributed by atoms with E-state index in [1.54, 1.807) is 0 Å². The van der Waals surface area contributed by atoms with Crippen molar-refractivity contribution in [3.05, 3.63) is 35.9 Å². The van der Waals surface area contributed by atoms with Crippen LogP contribution in [0.1, 0.15) is 26.3 Å². The monoisotopic (exact) mass is 423 g/mol. The van der Waals surface area contributed by atoms with Crippen molar-refractivity contribution in [2.45, 2.75) is 56.3 Å². The van der Waals surface area contributed by atoms with Crippen LogP contribution in [-0.2, 0) is 39.1 Å². The maximum atomic E-state index is 11.7. The average molecular weight is 423 g/mol. The van der Waals surface area contributed by atoms with E-state index in [0.717, 1.165) is 5.56 Å². The van der Waals surface area contributed by atoms with E-state index in [9.17, 15) is 14.4 Å². The Morgan fingerprint density at radius 1 is 1.03 bits per heavy atom. The molecular weight excluding hydrogens is 398 g/mol. The first-order valence-corrected chi connectivity index (χ1v) is 10.1. The Kier molecular flexibility index (Phi) is 8.66. The minimum atomic E-state index is -0.915. The number of carbonyl (C=O) groups excluding carboxylic acids is 3. The zero-order chi connectivity index (χ0) is 21.4. The largest absolute Gasteiger partial charge is 0.463 e.